The summed E-state index contributed by atoms with van der Waals surface area (Å²) in [5, 5.41) is 21.1. The second-order valence-electron chi connectivity index (χ2n) is 6.28. The molecule has 1 amide bonds. The molecule has 1 aromatic rings. The van der Waals surface area contributed by atoms with Crippen LogP contribution in [-0.2, 0) is 20.7 Å². The molecule has 0 aliphatic heterocycles. The largest absolute Gasteiger partial charge is 0.508 e. The number of hydrogen-bond acceptors (Lipinski definition) is 5. The number of nitrogens with one attached hydrogen (secondary N) is 1. The summed E-state index contributed by atoms with van der Waals surface area (Å²) < 4.78 is 5.35. The summed E-state index contributed by atoms with van der Waals surface area (Å²) in [7, 11) is 3.66. The zero-order valence-electron chi connectivity index (χ0n) is 14.5. The van der Waals surface area contributed by atoms with E-state index < -0.39 is 12.0 Å². The summed E-state index contributed by atoms with van der Waals surface area (Å²) in [6, 6.07) is 5.65. The number of nitrogens with zero attached hydrogens (tertiary/aromatic N) is 1. The molecule has 3 N–H and O–H groups in total. The van der Waals surface area contributed by atoms with Gasteiger partial charge in [-0.25, -0.2) is 4.79 Å². The molecule has 1 aromatic carbocycles. The van der Waals surface area contributed by atoms with Gasteiger partial charge in [0.15, 0.2) is 6.54 Å². The number of ether oxygens (including phenoxy) is 1. The maximum absolute atomic E-state index is 12.2. The van der Waals surface area contributed by atoms with E-state index in [0.717, 1.165) is 5.56 Å². The standard InChI is InChI=1S/C17H26N2O5/c1-4-24-17(23)15(11-13-5-7-14(21)8-6-13)18-16(22)12-19(2,3)9-10-20/h5-8,15,20H,4,9-12H2,1-3H3,(H-,18,21,22)/p+1/t15-/m0/s1. The molecule has 7 nitrogen and oxygen atoms in total. The van der Waals surface area contributed by atoms with E-state index in [4.69, 9.17) is 9.84 Å². The number of rotatable bonds is 9. The van der Waals surface area contributed by atoms with Gasteiger partial charge in [-0.15, -0.1) is 0 Å². The first-order valence-electron chi connectivity index (χ1n) is 7.94. The smallest absolute Gasteiger partial charge is 0.328 e. The van der Waals surface area contributed by atoms with Gasteiger partial charge >= 0.3 is 5.97 Å². The van der Waals surface area contributed by atoms with Crippen LogP contribution in [0.4, 0.5) is 0 Å². The van der Waals surface area contributed by atoms with Crippen molar-refractivity contribution >= 4 is 11.9 Å². The predicted octanol–water partition coefficient (Wildman–Crippen LogP) is 0.0513. The summed E-state index contributed by atoms with van der Waals surface area (Å²) in [5.74, 6) is -0.643. The van der Waals surface area contributed by atoms with E-state index in [0.29, 0.717) is 11.0 Å². The molecule has 0 spiro atoms. The molecule has 0 aliphatic rings. The van der Waals surface area contributed by atoms with Crippen molar-refractivity contribution in [2.24, 2.45) is 0 Å². The highest BCUT2D eigenvalue weighted by Crippen LogP contribution is 2.12. The zero-order chi connectivity index (χ0) is 18.2. The Kier molecular flexibility index (Phi) is 7.67. The molecule has 0 bridgehead atoms. The molecule has 24 heavy (non-hydrogen) atoms. The van der Waals surface area contributed by atoms with Crippen LogP contribution in [0.1, 0.15) is 12.5 Å². The van der Waals surface area contributed by atoms with Gasteiger partial charge in [0.05, 0.1) is 27.3 Å². The third-order valence-corrected chi connectivity index (χ3v) is 3.56. The van der Waals surface area contributed by atoms with Gasteiger partial charge in [0, 0.05) is 6.42 Å². The Labute approximate surface area is 142 Å². The normalized spacial score (nSPS) is 12.5. The molecule has 0 fully saturated rings. The summed E-state index contributed by atoms with van der Waals surface area (Å²) >= 11 is 0. The van der Waals surface area contributed by atoms with Gasteiger partial charge in [0.1, 0.15) is 18.3 Å². The lowest BCUT2D eigenvalue weighted by molar-refractivity contribution is -0.882. The molecule has 1 atom stereocenters. The number of likely N-dealkylation sites (N-methyl/N-ethyl adjacent to an activating group) is 1. The monoisotopic (exact) mass is 339 g/mol. The van der Waals surface area contributed by atoms with Crippen molar-refractivity contribution in [1.82, 2.24) is 5.32 Å². The molecule has 0 unspecified atom stereocenters. The summed E-state index contributed by atoms with van der Waals surface area (Å²) in [6.07, 6.45) is 0.276. The van der Waals surface area contributed by atoms with Crippen molar-refractivity contribution in [3.63, 3.8) is 0 Å². The topological polar surface area (TPSA) is 95.9 Å². The number of aliphatic hydroxyl groups excluding tert-OH is 1. The minimum atomic E-state index is -0.795. The van der Waals surface area contributed by atoms with Crippen LogP contribution in [0.25, 0.3) is 0 Å². The summed E-state index contributed by atoms with van der Waals surface area (Å²) in [6.45, 7) is 2.50. The average Bonchev–Trinajstić information content (AvgIpc) is 2.48. The molecule has 0 aliphatic carbocycles. The van der Waals surface area contributed by atoms with E-state index in [9.17, 15) is 14.7 Å². The van der Waals surface area contributed by atoms with Crippen LogP contribution in [0.15, 0.2) is 24.3 Å². The number of phenols is 1. The van der Waals surface area contributed by atoms with E-state index >= 15 is 0 Å². The Hall–Kier alpha value is -2.12. The number of carbonyl (C=O) groups is 2. The summed E-state index contributed by atoms with van der Waals surface area (Å²) in [4.78, 5) is 24.4. The van der Waals surface area contributed by atoms with Crippen LogP contribution in [0.2, 0.25) is 0 Å². The molecule has 0 radical (unpaired) electrons. The lowest BCUT2D eigenvalue weighted by Gasteiger charge is -2.28. The number of amides is 1. The average molecular weight is 339 g/mol. The number of aliphatic hydroxyl groups is 1. The number of hydrogen-bond donors (Lipinski definition) is 3. The zero-order valence-corrected chi connectivity index (χ0v) is 14.5. The Balaban J connectivity index is 2.76. The summed E-state index contributed by atoms with van der Waals surface area (Å²) in [5.41, 5.74) is 0.801. The van der Waals surface area contributed by atoms with Gasteiger partial charge in [-0.3, -0.25) is 4.79 Å². The number of aromatic hydroxyl groups is 1. The molecule has 1 rings (SSSR count). The Morgan fingerprint density at radius 1 is 1.25 bits per heavy atom. The van der Waals surface area contributed by atoms with Crippen LogP contribution in [0.5, 0.6) is 5.75 Å². The molecule has 134 valence electrons. The molecular formula is C17H27N2O5+. The second kappa shape index (κ2) is 9.24. The lowest BCUT2D eigenvalue weighted by atomic mass is 10.1. The van der Waals surface area contributed by atoms with Gasteiger partial charge in [0.2, 0.25) is 0 Å². The van der Waals surface area contributed by atoms with Gasteiger partial charge in [0.25, 0.3) is 5.91 Å². The fourth-order valence-corrected chi connectivity index (χ4v) is 2.28. The van der Waals surface area contributed by atoms with Gasteiger partial charge in [-0.05, 0) is 24.6 Å². The predicted molar refractivity (Wildman–Crippen MR) is 89.3 cm³/mol. The van der Waals surface area contributed by atoms with Gasteiger partial charge in [-0.1, -0.05) is 12.1 Å². The number of phenolic OH excluding ortho intramolecular Hbond substituents is 1. The maximum Gasteiger partial charge on any atom is 0.328 e. The minimum absolute atomic E-state index is 0.0188. The third-order valence-electron chi connectivity index (χ3n) is 3.56. The van der Waals surface area contributed by atoms with Gasteiger partial charge < -0.3 is 24.7 Å². The third kappa shape index (κ3) is 6.97. The SMILES string of the molecule is CCOC(=O)[C@H](Cc1ccc(O)cc1)NC(=O)C[N+](C)(C)CCO. The molecule has 0 saturated heterocycles. The van der Waals surface area contributed by atoms with Crippen molar-refractivity contribution in [1.29, 1.82) is 0 Å². The van der Waals surface area contributed by atoms with Crippen LogP contribution in [0, 0.1) is 0 Å². The highest BCUT2D eigenvalue weighted by Gasteiger charge is 2.26. The van der Waals surface area contributed by atoms with Crippen molar-refractivity contribution in [2.75, 3.05) is 40.4 Å². The second-order valence-corrected chi connectivity index (χ2v) is 6.28. The fourth-order valence-electron chi connectivity index (χ4n) is 2.28. The van der Waals surface area contributed by atoms with Crippen molar-refractivity contribution in [2.45, 2.75) is 19.4 Å². The minimum Gasteiger partial charge on any atom is -0.508 e. The molecule has 0 saturated carbocycles. The Bertz CT molecular complexity index is 542. The van der Waals surface area contributed by atoms with Gasteiger partial charge in [-0.2, -0.15) is 0 Å². The Morgan fingerprint density at radius 2 is 1.88 bits per heavy atom. The molecule has 0 heterocycles. The van der Waals surface area contributed by atoms with Crippen LogP contribution >= 0.6 is 0 Å². The van der Waals surface area contributed by atoms with Crippen LogP contribution < -0.4 is 5.32 Å². The Morgan fingerprint density at radius 3 is 2.42 bits per heavy atom. The van der Waals surface area contributed by atoms with E-state index in [1.54, 1.807) is 19.1 Å². The number of quaternary nitrogens is 1. The molecule has 7 heteroatoms. The first-order valence-corrected chi connectivity index (χ1v) is 7.94. The highest BCUT2D eigenvalue weighted by molar-refractivity contribution is 5.85. The highest BCUT2D eigenvalue weighted by atomic mass is 16.5. The van der Waals surface area contributed by atoms with E-state index in [1.165, 1.54) is 12.1 Å². The van der Waals surface area contributed by atoms with Crippen molar-refractivity contribution < 1.29 is 29.0 Å². The first-order chi connectivity index (χ1) is 11.3. The van der Waals surface area contributed by atoms with E-state index in [2.05, 4.69) is 5.32 Å². The number of benzene rings is 1. The lowest BCUT2D eigenvalue weighted by Crippen LogP contribution is -2.52. The van der Waals surface area contributed by atoms with Crippen molar-refractivity contribution in [3.05, 3.63) is 29.8 Å². The number of esters is 1. The quantitative estimate of drug-likeness (QED) is 0.436. The van der Waals surface area contributed by atoms with E-state index in [1.807, 2.05) is 14.1 Å². The molecule has 0 aromatic heterocycles. The van der Waals surface area contributed by atoms with E-state index in [-0.39, 0.29) is 37.8 Å². The maximum atomic E-state index is 12.2. The fraction of sp³-hybridized carbons (Fsp3) is 0.529. The van der Waals surface area contributed by atoms with Crippen LogP contribution in [0.3, 0.4) is 0 Å². The van der Waals surface area contributed by atoms with Crippen molar-refractivity contribution in [3.8, 4) is 5.75 Å². The number of carbonyl (C=O) groups excluding carboxylic acids is 2. The molecular weight excluding hydrogens is 312 g/mol. The first kappa shape index (κ1) is 19.9. The van der Waals surface area contributed by atoms with Crippen LogP contribution in [-0.4, -0.2) is 73.0 Å².